The van der Waals surface area contributed by atoms with E-state index in [9.17, 15) is 4.79 Å². The molecule has 1 atom stereocenters. The van der Waals surface area contributed by atoms with Crippen molar-refractivity contribution in [1.29, 1.82) is 5.26 Å². The quantitative estimate of drug-likeness (QED) is 0.794. The Morgan fingerprint density at radius 2 is 2.28 bits per heavy atom. The molecule has 2 rings (SSSR count). The minimum absolute atomic E-state index is 0.244. The first kappa shape index (κ1) is 12.4. The molecule has 0 saturated carbocycles. The van der Waals surface area contributed by atoms with Crippen LogP contribution in [0.5, 0.6) is 0 Å². The van der Waals surface area contributed by atoms with Gasteiger partial charge in [0.05, 0.1) is 19.2 Å². The monoisotopic (exact) mass is 246 g/mol. The van der Waals surface area contributed by atoms with Crippen molar-refractivity contribution < 1.29 is 14.3 Å². The summed E-state index contributed by atoms with van der Waals surface area (Å²) in [5, 5.41) is 8.74. The molecule has 1 aliphatic rings. The van der Waals surface area contributed by atoms with E-state index in [0.29, 0.717) is 13.2 Å². The zero-order chi connectivity index (χ0) is 12.8. The molecule has 0 N–H and O–H groups in total. The Balaban J connectivity index is 1.83. The number of morpholine rings is 1. The first-order chi connectivity index (χ1) is 8.79. The van der Waals surface area contributed by atoms with Crippen LogP contribution in [0.4, 0.5) is 4.79 Å². The van der Waals surface area contributed by atoms with Gasteiger partial charge in [-0.3, -0.25) is 0 Å². The maximum atomic E-state index is 11.8. The third kappa shape index (κ3) is 3.22. The zero-order valence-corrected chi connectivity index (χ0v) is 9.91. The average molecular weight is 246 g/mol. The Kier molecular flexibility index (Phi) is 4.15. The largest absolute Gasteiger partial charge is 0.445 e. The van der Waals surface area contributed by atoms with Gasteiger partial charge in [0, 0.05) is 6.54 Å². The summed E-state index contributed by atoms with van der Waals surface area (Å²) >= 11 is 0. The van der Waals surface area contributed by atoms with Crippen molar-refractivity contribution in [1.82, 2.24) is 4.90 Å². The second-order valence-corrected chi connectivity index (χ2v) is 3.97. The number of rotatable bonds is 2. The Morgan fingerprint density at radius 3 is 3.00 bits per heavy atom. The average Bonchev–Trinajstić information content (AvgIpc) is 2.46. The summed E-state index contributed by atoms with van der Waals surface area (Å²) in [7, 11) is 0. The first-order valence-corrected chi connectivity index (χ1v) is 5.76. The molecule has 5 heteroatoms. The molecule has 0 unspecified atom stereocenters. The molecule has 1 heterocycles. The van der Waals surface area contributed by atoms with Crippen molar-refractivity contribution >= 4 is 6.09 Å². The van der Waals surface area contributed by atoms with Crippen LogP contribution in [0.25, 0.3) is 0 Å². The van der Waals surface area contributed by atoms with Crippen LogP contribution in [0.15, 0.2) is 30.3 Å². The fourth-order valence-electron chi connectivity index (χ4n) is 1.70. The number of ether oxygens (including phenoxy) is 2. The fourth-order valence-corrected chi connectivity index (χ4v) is 1.70. The molecule has 1 aromatic rings. The highest BCUT2D eigenvalue weighted by Gasteiger charge is 2.24. The standard InChI is InChI=1S/C13H14N2O3/c14-8-12-9-15(6-7-17-12)13(16)18-10-11-4-2-1-3-5-11/h1-5,12H,6-7,9-10H2/t12-/m1/s1. The first-order valence-electron chi connectivity index (χ1n) is 5.76. The van der Waals surface area contributed by atoms with Gasteiger partial charge in [0.1, 0.15) is 6.61 Å². The van der Waals surface area contributed by atoms with Crippen molar-refractivity contribution in [2.45, 2.75) is 12.7 Å². The van der Waals surface area contributed by atoms with Crippen molar-refractivity contribution in [3.8, 4) is 6.07 Å². The molecule has 0 radical (unpaired) electrons. The van der Waals surface area contributed by atoms with Gasteiger partial charge in [0.15, 0.2) is 6.10 Å². The van der Waals surface area contributed by atoms with E-state index < -0.39 is 12.2 Å². The third-order valence-corrected chi connectivity index (χ3v) is 2.67. The fraction of sp³-hybridized carbons (Fsp3) is 0.385. The van der Waals surface area contributed by atoms with Crippen LogP contribution in [-0.4, -0.2) is 36.8 Å². The van der Waals surface area contributed by atoms with Crippen LogP contribution in [0.3, 0.4) is 0 Å². The molecule has 1 aliphatic heterocycles. The zero-order valence-electron chi connectivity index (χ0n) is 9.91. The van der Waals surface area contributed by atoms with Gasteiger partial charge in [-0.2, -0.15) is 5.26 Å². The Hall–Kier alpha value is -2.06. The smallest absolute Gasteiger partial charge is 0.410 e. The van der Waals surface area contributed by atoms with Crippen LogP contribution in [0, 0.1) is 11.3 Å². The van der Waals surface area contributed by atoms with Gasteiger partial charge in [-0.15, -0.1) is 0 Å². The summed E-state index contributed by atoms with van der Waals surface area (Å²) in [6.07, 6.45) is -0.953. The number of amides is 1. The van der Waals surface area contributed by atoms with Gasteiger partial charge in [-0.1, -0.05) is 30.3 Å². The maximum absolute atomic E-state index is 11.8. The normalized spacial score (nSPS) is 19.1. The van der Waals surface area contributed by atoms with Gasteiger partial charge in [-0.05, 0) is 5.56 Å². The van der Waals surface area contributed by atoms with Crippen LogP contribution in [-0.2, 0) is 16.1 Å². The van der Waals surface area contributed by atoms with Gasteiger partial charge < -0.3 is 14.4 Å². The summed E-state index contributed by atoms with van der Waals surface area (Å²) in [6, 6.07) is 11.5. The van der Waals surface area contributed by atoms with E-state index in [1.54, 1.807) is 0 Å². The van der Waals surface area contributed by atoms with Crippen molar-refractivity contribution in [3.05, 3.63) is 35.9 Å². The summed E-state index contributed by atoms with van der Waals surface area (Å²) in [5.74, 6) is 0. The second-order valence-electron chi connectivity index (χ2n) is 3.97. The molecular formula is C13H14N2O3. The van der Waals surface area contributed by atoms with E-state index in [-0.39, 0.29) is 13.2 Å². The van der Waals surface area contributed by atoms with E-state index in [0.717, 1.165) is 5.56 Å². The number of carbonyl (C=O) groups excluding carboxylic acids is 1. The third-order valence-electron chi connectivity index (χ3n) is 2.67. The molecule has 0 bridgehead atoms. The topological polar surface area (TPSA) is 62.6 Å². The molecule has 18 heavy (non-hydrogen) atoms. The number of hydrogen-bond acceptors (Lipinski definition) is 4. The Labute approximate surface area is 106 Å². The van der Waals surface area contributed by atoms with E-state index in [1.165, 1.54) is 4.90 Å². The number of nitriles is 1. The highest BCUT2D eigenvalue weighted by molar-refractivity contribution is 5.67. The van der Waals surface area contributed by atoms with Crippen LogP contribution in [0.1, 0.15) is 5.56 Å². The summed E-state index contributed by atoms with van der Waals surface area (Å²) in [4.78, 5) is 13.3. The van der Waals surface area contributed by atoms with E-state index in [2.05, 4.69) is 0 Å². The Bertz CT molecular complexity index is 441. The van der Waals surface area contributed by atoms with Crippen molar-refractivity contribution in [2.75, 3.05) is 19.7 Å². The lowest BCUT2D eigenvalue weighted by Crippen LogP contribution is -2.45. The van der Waals surface area contributed by atoms with Crippen molar-refractivity contribution in [2.24, 2.45) is 0 Å². The van der Waals surface area contributed by atoms with E-state index in [1.807, 2.05) is 36.4 Å². The van der Waals surface area contributed by atoms with Crippen LogP contribution >= 0.6 is 0 Å². The molecule has 1 fully saturated rings. The SMILES string of the molecule is N#C[C@@H]1CN(C(=O)OCc2ccccc2)CCO1. The molecule has 94 valence electrons. The molecule has 5 nitrogen and oxygen atoms in total. The lowest BCUT2D eigenvalue weighted by atomic mass is 10.2. The minimum Gasteiger partial charge on any atom is -0.445 e. The number of nitrogens with zero attached hydrogens (tertiary/aromatic N) is 2. The summed E-state index contributed by atoms with van der Waals surface area (Å²) in [5.41, 5.74) is 0.941. The lowest BCUT2D eigenvalue weighted by molar-refractivity contribution is -0.00349. The predicted octanol–water partition coefficient (Wildman–Crippen LogP) is 1.55. The van der Waals surface area contributed by atoms with Crippen LogP contribution < -0.4 is 0 Å². The predicted molar refractivity (Wildman–Crippen MR) is 63.6 cm³/mol. The molecule has 1 aromatic carbocycles. The van der Waals surface area contributed by atoms with E-state index in [4.69, 9.17) is 14.7 Å². The summed E-state index contributed by atoms with van der Waals surface area (Å²) in [6.45, 7) is 1.35. The van der Waals surface area contributed by atoms with Gasteiger partial charge in [0.2, 0.25) is 0 Å². The van der Waals surface area contributed by atoms with Gasteiger partial charge in [0.25, 0.3) is 0 Å². The number of benzene rings is 1. The van der Waals surface area contributed by atoms with Crippen LogP contribution in [0.2, 0.25) is 0 Å². The molecule has 0 aliphatic carbocycles. The molecule has 1 saturated heterocycles. The number of hydrogen-bond donors (Lipinski definition) is 0. The second kappa shape index (κ2) is 6.03. The van der Waals surface area contributed by atoms with Gasteiger partial charge >= 0.3 is 6.09 Å². The molecule has 0 spiro atoms. The maximum Gasteiger partial charge on any atom is 0.410 e. The molecular weight excluding hydrogens is 232 g/mol. The summed E-state index contributed by atoms with van der Waals surface area (Å²) < 4.78 is 10.3. The molecule has 1 amide bonds. The lowest BCUT2D eigenvalue weighted by Gasteiger charge is -2.28. The van der Waals surface area contributed by atoms with Gasteiger partial charge in [-0.25, -0.2) is 4.79 Å². The highest BCUT2D eigenvalue weighted by Crippen LogP contribution is 2.08. The highest BCUT2D eigenvalue weighted by atomic mass is 16.6. The number of carbonyl (C=O) groups is 1. The minimum atomic E-state index is -0.553. The van der Waals surface area contributed by atoms with Crippen molar-refractivity contribution in [3.63, 3.8) is 0 Å². The Morgan fingerprint density at radius 1 is 1.50 bits per heavy atom. The molecule has 0 aromatic heterocycles. The van der Waals surface area contributed by atoms with E-state index >= 15 is 0 Å².